The fourth-order valence-corrected chi connectivity index (χ4v) is 3.89. The van der Waals surface area contributed by atoms with Crippen LogP contribution in [0.15, 0.2) is 84.6 Å². The van der Waals surface area contributed by atoms with Crippen LogP contribution in [0.2, 0.25) is 0 Å². The molecule has 0 fully saturated rings. The molecule has 32 heavy (non-hydrogen) atoms. The molecule has 0 atom stereocenters. The number of fused-ring (bicyclic) bond motifs is 1. The Morgan fingerprint density at radius 3 is 2.75 bits per heavy atom. The maximum absolute atomic E-state index is 9.75. The minimum Gasteiger partial charge on any atom is -0.508 e. The van der Waals surface area contributed by atoms with Gasteiger partial charge < -0.3 is 14.1 Å². The van der Waals surface area contributed by atoms with Gasteiger partial charge in [0.1, 0.15) is 5.76 Å². The van der Waals surface area contributed by atoms with Crippen LogP contribution in [0.25, 0.3) is 39.9 Å². The summed E-state index contributed by atoms with van der Waals surface area (Å²) in [6.45, 7) is 14.2. The quantitative estimate of drug-likeness (QED) is 0.413. The number of aliphatic hydroxyl groups excluding tert-OH is 1. The van der Waals surface area contributed by atoms with E-state index in [4.69, 9.17) is 4.42 Å². The molecular weight excluding hydrogens is 398 g/mol. The molecular formula is C27H25N3O2. The highest BCUT2D eigenvalue weighted by Gasteiger charge is 2.17. The van der Waals surface area contributed by atoms with E-state index in [2.05, 4.69) is 52.7 Å². The van der Waals surface area contributed by atoms with Crippen LogP contribution in [0.1, 0.15) is 42.8 Å². The topological polar surface area (TPSA) is 64.1 Å². The second-order valence-electron chi connectivity index (χ2n) is 7.40. The maximum Gasteiger partial charge on any atom is 0.247 e. The summed E-state index contributed by atoms with van der Waals surface area (Å²) < 4.78 is 7.98. The fraction of sp³-hybridized carbons (Fsp3) is 0.111. The van der Waals surface area contributed by atoms with Gasteiger partial charge in [-0.15, -0.1) is 10.2 Å². The molecule has 0 saturated heterocycles. The Morgan fingerprint density at radius 1 is 1.22 bits per heavy atom. The standard InChI is InChI=1S/C27H25N3O2/c1-5-11-24-22(7-3)23-14-8-9-15-25(23)30(24)20(6-2)16-18(4)26-28-29-27(32-26)19-12-10-13-21(31)17-19/h5-9,11,13-17,31H,2-4,10,12H2,1H3/b11-5-,20-16+. The van der Waals surface area contributed by atoms with Gasteiger partial charge in [-0.2, -0.15) is 0 Å². The first-order valence-corrected chi connectivity index (χ1v) is 10.4. The highest BCUT2D eigenvalue weighted by atomic mass is 16.4. The van der Waals surface area contributed by atoms with E-state index in [9.17, 15) is 5.11 Å². The van der Waals surface area contributed by atoms with Crippen LogP contribution in [-0.4, -0.2) is 19.9 Å². The van der Waals surface area contributed by atoms with Gasteiger partial charge in [0, 0.05) is 27.8 Å². The maximum atomic E-state index is 9.75. The zero-order valence-electron chi connectivity index (χ0n) is 18.1. The van der Waals surface area contributed by atoms with Crippen molar-refractivity contribution in [2.45, 2.75) is 19.8 Å². The molecule has 1 N–H and O–H groups in total. The molecule has 4 rings (SSSR count). The van der Waals surface area contributed by atoms with Gasteiger partial charge >= 0.3 is 0 Å². The van der Waals surface area contributed by atoms with E-state index in [1.165, 1.54) is 0 Å². The third kappa shape index (κ3) is 3.81. The molecule has 0 bridgehead atoms. The van der Waals surface area contributed by atoms with Crippen molar-refractivity contribution in [3.63, 3.8) is 0 Å². The zero-order valence-corrected chi connectivity index (χ0v) is 18.1. The van der Waals surface area contributed by atoms with Gasteiger partial charge in [-0.25, -0.2) is 0 Å². The van der Waals surface area contributed by atoms with E-state index < -0.39 is 0 Å². The average Bonchev–Trinajstić information content (AvgIpc) is 3.41. The Kier molecular flexibility index (Phi) is 5.90. The second-order valence-corrected chi connectivity index (χ2v) is 7.40. The van der Waals surface area contributed by atoms with Gasteiger partial charge in [0.15, 0.2) is 0 Å². The number of aliphatic hydroxyl groups is 1. The van der Waals surface area contributed by atoms with Crippen LogP contribution in [0.3, 0.4) is 0 Å². The highest BCUT2D eigenvalue weighted by Crippen LogP contribution is 2.33. The molecule has 0 spiro atoms. The fourth-order valence-electron chi connectivity index (χ4n) is 3.89. The number of para-hydroxylation sites is 1. The van der Waals surface area contributed by atoms with Crippen LogP contribution >= 0.6 is 0 Å². The van der Waals surface area contributed by atoms with Crippen molar-refractivity contribution < 1.29 is 9.52 Å². The largest absolute Gasteiger partial charge is 0.508 e. The van der Waals surface area contributed by atoms with Gasteiger partial charge in [-0.1, -0.05) is 50.1 Å². The summed E-state index contributed by atoms with van der Waals surface area (Å²) in [7, 11) is 0. The summed E-state index contributed by atoms with van der Waals surface area (Å²) >= 11 is 0. The summed E-state index contributed by atoms with van der Waals surface area (Å²) in [4.78, 5) is 0. The van der Waals surface area contributed by atoms with Crippen molar-refractivity contribution >= 4 is 39.9 Å². The number of allylic oxidation sites excluding steroid dienone is 8. The van der Waals surface area contributed by atoms with Crippen molar-refractivity contribution in [1.82, 2.24) is 14.8 Å². The summed E-state index contributed by atoms with van der Waals surface area (Å²) in [6, 6.07) is 8.17. The molecule has 2 aromatic heterocycles. The van der Waals surface area contributed by atoms with Crippen LogP contribution in [-0.2, 0) is 0 Å². The Hall–Kier alpha value is -4.12. The SMILES string of the molecule is C=C/C(=C\C(=C)c1nnc(C2=CC(O)=CCC2)o1)n1c(/C=C\C)c(C=C)c2ccccc21. The third-order valence-corrected chi connectivity index (χ3v) is 5.33. The van der Waals surface area contributed by atoms with Crippen molar-refractivity contribution in [1.29, 1.82) is 0 Å². The molecule has 0 unspecified atom stereocenters. The summed E-state index contributed by atoms with van der Waals surface area (Å²) in [5, 5.41) is 19.2. The normalized spacial score (nSPS) is 14.5. The van der Waals surface area contributed by atoms with Crippen LogP contribution in [0.4, 0.5) is 0 Å². The predicted molar refractivity (Wildman–Crippen MR) is 132 cm³/mol. The first-order valence-electron chi connectivity index (χ1n) is 10.4. The van der Waals surface area contributed by atoms with E-state index in [-0.39, 0.29) is 5.76 Å². The van der Waals surface area contributed by atoms with E-state index in [0.29, 0.717) is 17.4 Å². The lowest BCUT2D eigenvalue weighted by molar-refractivity contribution is 0.426. The number of rotatable bonds is 7. The molecule has 1 aliphatic carbocycles. The minimum absolute atomic E-state index is 0.215. The Labute approximate surface area is 187 Å². The Bertz CT molecular complexity index is 1340. The molecule has 0 amide bonds. The number of hydrogen-bond donors (Lipinski definition) is 1. The number of benzene rings is 1. The molecule has 0 saturated carbocycles. The molecule has 0 radical (unpaired) electrons. The van der Waals surface area contributed by atoms with Crippen LogP contribution in [0.5, 0.6) is 0 Å². The Balaban J connectivity index is 1.78. The van der Waals surface area contributed by atoms with Crippen molar-refractivity contribution in [3.05, 3.63) is 103 Å². The van der Waals surface area contributed by atoms with Gasteiger partial charge in [0.05, 0.1) is 11.2 Å². The molecule has 0 aliphatic heterocycles. The second kappa shape index (κ2) is 8.94. The van der Waals surface area contributed by atoms with E-state index in [1.807, 2.05) is 37.3 Å². The molecule has 5 heteroatoms. The first-order chi connectivity index (χ1) is 15.6. The smallest absolute Gasteiger partial charge is 0.247 e. The molecule has 1 aromatic carbocycles. The van der Waals surface area contributed by atoms with Gasteiger partial charge in [0.25, 0.3) is 0 Å². The van der Waals surface area contributed by atoms with Crippen LogP contribution in [0, 0.1) is 0 Å². The van der Waals surface area contributed by atoms with Gasteiger partial charge in [-0.3, -0.25) is 0 Å². The monoisotopic (exact) mass is 423 g/mol. The van der Waals surface area contributed by atoms with Crippen molar-refractivity contribution in [2.75, 3.05) is 0 Å². The highest BCUT2D eigenvalue weighted by molar-refractivity contribution is 5.97. The molecule has 1 aliphatic rings. The predicted octanol–water partition coefficient (Wildman–Crippen LogP) is 7.06. The lowest BCUT2D eigenvalue weighted by atomic mass is 10.0. The lowest BCUT2D eigenvalue weighted by Gasteiger charge is -2.11. The zero-order chi connectivity index (χ0) is 22.7. The molecule has 2 heterocycles. The van der Waals surface area contributed by atoms with E-state index in [0.717, 1.165) is 46.3 Å². The van der Waals surface area contributed by atoms with Crippen LogP contribution < -0.4 is 0 Å². The Morgan fingerprint density at radius 2 is 2.03 bits per heavy atom. The first kappa shape index (κ1) is 21.1. The number of aromatic nitrogens is 3. The molecule has 3 aromatic rings. The van der Waals surface area contributed by atoms with Gasteiger partial charge in [0.2, 0.25) is 11.8 Å². The van der Waals surface area contributed by atoms with E-state index >= 15 is 0 Å². The third-order valence-electron chi connectivity index (χ3n) is 5.33. The lowest BCUT2D eigenvalue weighted by Crippen LogP contribution is -1.98. The molecule has 5 nitrogen and oxygen atoms in total. The summed E-state index contributed by atoms with van der Waals surface area (Å²) in [5.74, 6) is 0.930. The average molecular weight is 424 g/mol. The van der Waals surface area contributed by atoms with E-state index in [1.54, 1.807) is 18.2 Å². The number of hydrogen-bond acceptors (Lipinski definition) is 4. The van der Waals surface area contributed by atoms with Crippen molar-refractivity contribution in [2.24, 2.45) is 0 Å². The minimum atomic E-state index is 0.215. The summed E-state index contributed by atoms with van der Waals surface area (Å²) in [6.07, 6.45) is 14.5. The summed E-state index contributed by atoms with van der Waals surface area (Å²) in [5.41, 5.74) is 5.30. The molecule has 160 valence electrons. The van der Waals surface area contributed by atoms with Crippen molar-refractivity contribution in [3.8, 4) is 0 Å². The number of nitrogens with zero attached hydrogens (tertiary/aromatic N) is 3. The van der Waals surface area contributed by atoms with Gasteiger partial charge in [-0.05, 0) is 56.2 Å².